The molecule has 3 nitrogen and oxygen atoms in total. The first kappa shape index (κ1) is 14.3. The molecule has 0 radical (unpaired) electrons. The topological polar surface area (TPSA) is 41.1 Å². The molecule has 1 aromatic rings. The number of anilines is 2. The zero-order valence-electron chi connectivity index (χ0n) is 11.7. The zero-order chi connectivity index (χ0) is 13.7. The fourth-order valence-electron chi connectivity index (χ4n) is 2.17. The van der Waals surface area contributed by atoms with E-state index in [4.69, 9.17) is 0 Å². The molecule has 0 atom stereocenters. The fraction of sp³-hybridized carbons (Fsp3) is 0.533. The first-order valence-electron chi connectivity index (χ1n) is 6.94. The minimum Gasteiger partial charge on any atom is -0.382 e. The van der Waals surface area contributed by atoms with E-state index >= 15 is 0 Å². The molecule has 2 rings (SSSR count). The third-order valence-corrected chi connectivity index (χ3v) is 4.47. The molecule has 1 fully saturated rings. The van der Waals surface area contributed by atoms with Crippen molar-refractivity contribution in [3.05, 3.63) is 23.8 Å². The van der Waals surface area contributed by atoms with Crippen LogP contribution >= 0.6 is 11.8 Å². The highest BCUT2D eigenvalue weighted by Gasteiger charge is 2.14. The molecular formula is C15H22N2OS. The van der Waals surface area contributed by atoms with Crippen LogP contribution in [0.5, 0.6) is 0 Å². The van der Waals surface area contributed by atoms with Gasteiger partial charge in [0, 0.05) is 23.8 Å². The third kappa shape index (κ3) is 4.16. The number of carbonyl (C=O) groups excluding carboxylic acids is 1. The summed E-state index contributed by atoms with van der Waals surface area (Å²) < 4.78 is 0. The van der Waals surface area contributed by atoms with Crippen LogP contribution < -0.4 is 10.6 Å². The molecule has 0 saturated carbocycles. The van der Waals surface area contributed by atoms with Crippen molar-refractivity contribution in [3.63, 3.8) is 0 Å². The maximum atomic E-state index is 11.4. The quantitative estimate of drug-likeness (QED) is 0.883. The summed E-state index contributed by atoms with van der Waals surface area (Å²) in [6.07, 6.45) is 2.95. The number of nitrogens with one attached hydrogen (secondary N) is 2. The molecule has 0 aromatic heterocycles. The summed E-state index contributed by atoms with van der Waals surface area (Å²) in [5.74, 6) is 2.54. The normalized spacial score (nSPS) is 16.1. The number of thioether (sulfide) groups is 1. The van der Waals surface area contributed by atoms with Crippen LogP contribution in [-0.2, 0) is 4.79 Å². The third-order valence-electron chi connectivity index (χ3n) is 3.42. The fourth-order valence-corrected chi connectivity index (χ4v) is 3.27. The average molecular weight is 278 g/mol. The van der Waals surface area contributed by atoms with E-state index in [1.54, 1.807) is 0 Å². The van der Waals surface area contributed by atoms with Gasteiger partial charge in [0.15, 0.2) is 0 Å². The van der Waals surface area contributed by atoms with E-state index < -0.39 is 0 Å². The van der Waals surface area contributed by atoms with E-state index in [0.29, 0.717) is 12.5 Å². The lowest BCUT2D eigenvalue weighted by atomic mass is 10.1. The maximum absolute atomic E-state index is 11.4. The number of benzene rings is 1. The van der Waals surface area contributed by atoms with E-state index in [0.717, 1.165) is 11.4 Å². The molecule has 1 saturated heterocycles. The van der Waals surface area contributed by atoms with Gasteiger partial charge >= 0.3 is 0 Å². The van der Waals surface area contributed by atoms with E-state index in [9.17, 15) is 4.79 Å². The molecule has 0 aliphatic carbocycles. The summed E-state index contributed by atoms with van der Waals surface area (Å²) in [4.78, 5) is 11.4. The summed E-state index contributed by atoms with van der Waals surface area (Å²) in [6.45, 7) is 3.97. The Kier molecular flexibility index (Phi) is 5.14. The first-order chi connectivity index (χ1) is 9.19. The molecule has 104 valence electrons. The standard InChI is InChI=1S/C15H22N2OS/c1-3-15(18)17-13-5-4-11(2)14(10-13)16-12-6-8-19-9-7-12/h4-5,10,12,16H,3,6-9H2,1-2H3,(H,17,18). The molecule has 0 spiro atoms. The second kappa shape index (κ2) is 6.85. The molecule has 1 aromatic carbocycles. The van der Waals surface area contributed by atoms with Gasteiger partial charge in [0.1, 0.15) is 0 Å². The summed E-state index contributed by atoms with van der Waals surface area (Å²) >= 11 is 2.03. The Labute approximate surface area is 119 Å². The van der Waals surface area contributed by atoms with Crippen molar-refractivity contribution >= 4 is 29.0 Å². The molecular weight excluding hydrogens is 256 g/mol. The van der Waals surface area contributed by atoms with Gasteiger partial charge in [-0.25, -0.2) is 0 Å². The van der Waals surface area contributed by atoms with Crippen molar-refractivity contribution in [3.8, 4) is 0 Å². The molecule has 4 heteroatoms. The summed E-state index contributed by atoms with van der Waals surface area (Å²) in [7, 11) is 0. The van der Waals surface area contributed by atoms with Crippen molar-refractivity contribution in [1.82, 2.24) is 0 Å². The maximum Gasteiger partial charge on any atom is 0.224 e. The number of rotatable bonds is 4. The Morgan fingerprint density at radius 1 is 1.37 bits per heavy atom. The minimum absolute atomic E-state index is 0.0591. The van der Waals surface area contributed by atoms with Crippen molar-refractivity contribution in [1.29, 1.82) is 0 Å². The van der Waals surface area contributed by atoms with Crippen LogP contribution in [0.15, 0.2) is 18.2 Å². The van der Waals surface area contributed by atoms with Crippen molar-refractivity contribution in [2.24, 2.45) is 0 Å². The van der Waals surface area contributed by atoms with Crippen LogP contribution in [0.3, 0.4) is 0 Å². The predicted octanol–water partition coefficient (Wildman–Crippen LogP) is 3.65. The van der Waals surface area contributed by atoms with Gasteiger partial charge < -0.3 is 10.6 Å². The Morgan fingerprint density at radius 2 is 2.11 bits per heavy atom. The van der Waals surface area contributed by atoms with Crippen LogP contribution in [0, 0.1) is 6.92 Å². The SMILES string of the molecule is CCC(=O)Nc1ccc(C)c(NC2CCSCC2)c1. The average Bonchev–Trinajstić information content (AvgIpc) is 2.43. The van der Waals surface area contributed by atoms with Crippen LogP contribution in [0.25, 0.3) is 0 Å². The second-order valence-electron chi connectivity index (χ2n) is 4.96. The van der Waals surface area contributed by atoms with Gasteiger partial charge in [0.25, 0.3) is 0 Å². The Hall–Kier alpha value is -1.16. The van der Waals surface area contributed by atoms with Gasteiger partial charge in [-0.05, 0) is 49.0 Å². The highest BCUT2D eigenvalue weighted by Crippen LogP contribution is 2.25. The molecule has 1 amide bonds. The van der Waals surface area contributed by atoms with Gasteiger partial charge in [-0.3, -0.25) is 4.79 Å². The molecule has 0 unspecified atom stereocenters. The molecule has 1 aliphatic rings. The van der Waals surface area contributed by atoms with Crippen LogP contribution in [0.4, 0.5) is 11.4 Å². The molecule has 19 heavy (non-hydrogen) atoms. The largest absolute Gasteiger partial charge is 0.382 e. The molecule has 2 N–H and O–H groups in total. The Balaban J connectivity index is 2.05. The van der Waals surface area contributed by atoms with Gasteiger partial charge in [0.05, 0.1) is 0 Å². The molecule has 1 heterocycles. The monoisotopic (exact) mass is 278 g/mol. The number of amides is 1. The Bertz CT molecular complexity index is 442. The highest BCUT2D eigenvalue weighted by atomic mass is 32.2. The van der Waals surface area contributed by atoms with Gasteiger partial charge in [0.2, 0.25) is 5.91 Å². The van der Waals surface area contributed by atoms with Crippen molar-refractivity contribution < 1.29 is 4.79 Å². The number of hydrogen-bond donors (Lipinski definition) is 2. The van der Waals surface area contributed by atoms with Gasteiger partial charge in [-0.1, -0.05) is 13.0 Å². The van der Waals surface area contributed by atoms with Gasteiger partial charge in [-0.15, -0.1) is 0 Å². The lowest BCUT2D eigenvalue weighted by molar-refractivity contribution is -0.115. The molecule has 1 aliphatic heterocycles. The van der Waals surface area contributed by atoms with E-state index in [2.05, 4.69) is 23.6 Å². The lowest BCUT2D eigenvalue weighted by Crippen LogP contribution is -2.25. The van der Waals surface area contributed by atoms with Crippen molar-refractivity contribution in [2.45, 2.75) is 39.2 Å². The highest BCUT2D eigenvalue weighted by molar-refractivity contribution is 7.99. The molecule has 0 bridgehead atoms. The summed E-state index contributed by atoms with van der Waals surface area (Å²) in [5.41, 5.74) is 3.25. The summed E-state index contributed by atoms with van der Waals surface area (Å²) in [5, 5.41) is 6.53. The Morgan fingerprint density at radius 3 is 2.79 bits per heavy atom. The van der Waals surface area contributed by atoms with E-state index in [1.807, 2.05) is 30.8 Å². The van der Waals surface area contributed by atoms with E-state index in [1.165, 1.54) is 29.9 Å². The van der Waals surface area contributed by atoms with Crippen LogP contribution in [0.1, 0.15) is 31.7 Å². The number of hydrogen-bond acceptors (Lipinski definition) is 3. The lowest BCUT2D eigenvalue weighted by Gasteiger charge is -2.25. The second-order valence-corrected chi connectivity index (χ2v) is 6.19. The van der Waals surface area contributed by atoms with Crippen LogP contribution in [0.2, 0.25) is 0 Å². The van der Waals surface area contributed by atoms with Crippen molar-refractivity contribution in [2.75, 3.05) is 22.1 Å². The summed E-state index contributed by atoms with van der Waals surface area (Å²) in [6, 6.07) is 6.64. The smallest absolute Gasteiger partial charge is 0.224 e. The van der Waals surface area contributed by atoms with Crippen LogP contribution in [-0.4, -0.2) is 23.5 Å². The van der Waals surface area contributed by atoms with Gasteiger partial charge in [-0.2, -0.15) is 11.8 Å². The minimum atomic E-state index is 0.0591. The zero-order valence-corrected chi connectivity index (χ0v) is 12.5. The van der Waals surface area contributed by atoms with E-state index in [-0.39, 0.29) is 5.91 Å². The number of aryl methyl sites for hydroxylation is 1. The number of carbonyl (C=O) groups is 1. The first-order valence-corrected chi connectivity index (χ1v) is 8.09. The predicted molar refractivity (Wildman–Crippen MR) is 84.1 cm³/mol.